The van der Waals surface area contributed by atoms with Gasteiger partial charge in [-0.15, -0.1) is 0 Å². The van der Waals surface area contributed by atoms with E-state index in [-0.39, 0.29) is 17.8 Å². The molecule has 1 N–H and O–H groups in total. The molecular formula is C13H18O2. The molecule has 0 aliphatic carbocycles. The van der Waals surface area contributed by atoms with Crippen LogP contribution in [-0.2, 0) is 12.0 Å². The van der Waals surface area contributed by atoms with Crippen LogP contribution in [0, 0.1) is 0 Å². The van der Waals surface area contributed by atoms with E-state index in [1.807, 2.05) is 12.1 Å². The molecule has 0 radical (unpaired) electrons. The molecule has 0 bridgehead atoms. The molecule has 0 saturated carbocycles. The van der Waals surface area contributed by atoms with Gasteiger partial charge in [0.15, 0.2) is 5.78 Å². The van der Waals surface area contributed by atoms with E-state index in [0.29, 0.717) is 5.56 Å². The Balaban J connectivity index is 3.27. The molecule has 15 heavy (non-hydrogen) atoms. The number of Topliss-reactive ketones (excluding diaryl/α,β-unsaturated/α-hetero) is 1. The number of hydrogen-bond acceptors (Lipinski definition) is 2. The van der Waals surface area contributed by atoms with Crippen molar-refractivity contribution in [2.75, 3.05) is 0 Å². The molecule has 1 aromatic rings. The van der Waals surface area contributed by atoms with Crippen LogP contribution in [0.2, 0.25) is 0 Å². The van der Waals surface area contributed by atoms with Gasteiger partial charge in [-0.05, 0) is 29.5 Å². The minimum absolute atomic E-state index is 0.00657. The third-order valence-electron chi connectivity index (χ3n) is 2.49. The second-order valence-electron chi connectivity index (χ2n) is 4.84. The van der Waals surface area contributed by atoms with E-state index in [0.717, 1.165) is 11.1 Å². The summed E-state index contributed by atoms with van der Waals surface area (Å²) in [6.07, 6.45) is 0. The second kappa shape index (κ2) is 4.15. The third kappa shape index (κ3) is 2.66. The minimum atomic E-state index is -0.0201. The fourth-order valence-electron chi connectivity index (χ4n) is 1.68. The van der Waals surface area contributed by atoms with Gasteiger partial charge in [0.05, 0.1) is 6.61 Å². The largest absolute Gasteiger partial charge is 0.392 e. The lowest BCUT2D eigenvalue weighted by molar-refractivity contribution is 0.101. The fourth-order valence-corrected chi connectivity index (χ4v) is 1.68. The van der Waals surface area contributed by atoms with Gasteiger partial charge in [0, 0.05) is 5.56 Å². The highest BCUT2D eigenvalue weighted by molar-refractivity contribution is 5.94. The summed E-state index contributed by atoms with van der Waals surface area (Å²) < 4.78 is 0. The summed E-state index contributed by atoms with van der Waals surface area (Å²) in [6, 6.07) is 5.54. The molecule has 1 rings (SSSR count). The molecule has 0 unspecified atom stereocenters. The third-order valence-corrected chi connectivity index (χ3v) is 2.49. The molecule has 0 spiro atoms. The van der Waals surface area contributed by atoms with E-state index in [9.17, 15) is 9.90 Å². The Bertz CT molecular complexity index is 373. The Labute approximate surface area is 90.9 Å². The quantitative estimate of drug-likeness (QED) is 0.755. The van der Waals surface area contributed by atoms with Crippen LogP contribution in [0.15, 0.2) is 18.2 Å². The predicted molar refractivity (Wildman–Crippen MR) is 61.1 cm³/mol. The van der Waals surface area contributed by atoms with Crippen molar-refractivity contribution in [3.8, 4) is 0 Å². The summed E-state index contributed by atoms with van der Waals surface area (Å²) in [5, 5.41) is 9.28. The van der Waals surface area contributed by atoms with Crippen LogP contribution in [0.25, 0.3) is 0 Å². The van der Waals surface area contributed by atoms with Crippen molar-refractivity contribution in [1.29, 1.82) is 0 Å². The normalized spacial score (nSPS) is 11.5. The zero-order valence-electron chi connectivity index (χ0n) is 9.79. The number of aliphatic hydroxyl groups excluding tert-OH is 1. The van der Waals surface area contributed by atoms with Crippen molar-refractivity contribution in [1.82, 2.24) is 0 Å². The average Bonchev–Trinajstić information content (AvgIpc) is 2.15. The van der Waals surface area contributed by atoms with Crippen molar-refractivity contribution in [3.05, 3.63) is 34.9 Å². The highest BCUT2D eigenvalue weighted by Crippen LogP contribution is 2.26. The summed E-state index contributed by atoms with van der Waals surface area (Å²) in [5.74, 6) is 0.0326. The van der Waals surface area contributed by atoms with E-state index < -0.39 is 0 Å². The maximum atomic E-state index is 11.2. The summed E-state index contributed by atoms with van der Waals surface area (Å²) in [7, 11) is 0. The highest BCUT2D eigenvalue weighted by Gasteiger charge is 2.18. The maximum absolute atomic E-state index is 11.2. The molecule has 0 saturated heterocycles. The topological polar surface area (TPSA) is 37.3 Å². The van der Waals surface area contributed by atoms with Gasteiger partial charge < -0.3 is 5.11 Å². The molecule has 1 aromatic carbocycles. The molecule has 0 aliphatic rings. The standard InChI is InChI=1S/C13H18O2/c1-9(15)10-5-6-12(13(2,3)4)11(7-10)8-14/h5-7,14H,8H2,1-4H3. The number of rotatable bonds is 2. The smallest absolute Gasteiger partial charge is 0.159 e. The van der Waals surface area contributed by atoms with Gasteiger partial charge in [0.2, 0.25) is 0 Å². The summed E-state index contributed by atoms with van der Waals surface area (Å²) >= 11 is 0. The van der Waals surface area contributed by atoms with Crippen molar-refractivity contribution in [3.63, 3.8) is 0 Å². The first-order chi connectivity index (χ1) is 6.86. The van der Waals surface area contributed by atoms with Crippen LogP contribution in [-0.4, -0.2) is 10.9 Å². The monoisotopic (exact) mass is 206 g/mol. The number of benzene rings is 1. The summed E-state index contributed by atoms with van der Waals surface area (Å²) in [5.41, 5.74) is 2.59. The second-order valence-corrected chi connectivity index (χ2v) is 4.84. The zero-order chi connectivity index (χ0) is 11.6. The Hall–Kier alpha value is -1.15. The molecular weight excluding hydrogens is 188 g/mol. The Morgan fingerprint density at radius 1 is 1.33 bits per heavy atom. The molecule has 0 atom stereocenters. The van der Waals surface area contributed by atoms with Gasteiger partial charge in [0.1, 0.15) is 0 Å². The van der Waals surface area contributed by atoms with Gasteiger partial charge in [-0.25, -0.2) is 0 Å². The first-order valence-electron chi connectivity index (χ1n) is 5.11. The van der Waals surface area contributed by atoms with E-state index in [2.05, 4.69) is 20.8 Å². The Morgan fingerprint density at radius 2 is 1.93 bits per heavy atom. The number of aliphatic hydroxyl groups is 1. The van der Waals surface area contributed by atoms with Crippen LogP contribution in [0.5, 0.6) is 0 Å². The number of hydrogen-bond donors (Lipinski definition) is 1. The molecule has 82 valence electrons. The van der Waals surface area contributed by atoms with Gasteiger partial charge in [-0.2, -0.15) is 0 Å². The average molecular weight is 206 g/mol. The Morgan fingerprint density at radius 3 is 2.33 bits per heavy atom. The van der Waals surface area contributed by atoms with Gasteiger partial charge in [-0.3, -0.25) is 4.79 Å². The first kappa shape index (κ1) is 11.9. The molecule has 0 aliphatic heterocycles. The molecule has 0 amide bonds. The SMILES string of the molecule is CC(=O)c1ccc(C(C)(C)C)c(CO)c1. The van der Waals surface area contributed by atoms with Crippen LogP contribution < -0.4 is 0 Å². The van der Waals surface area contributed by atoms with E-state index in [1.165, 1.54) is 6.92 Å². The van der Waals surface area contributed by atoms with Gasteiger partial charge in [-0.1, -0.05) is 32.9 Å². The van der Waals surface area contributed by atoms with Gasteiger partial charge >= 0.3 is 0 Å². The predicted octanol–water partition coefficient (Wildman–Crippen LogP) is 2.68. The number of carbonyl (C=O) groups is 1. The van der Waals surface area contributed by atoms with Crippen molar-refractivity contribution >= 4 is 5.78 Å². The van der Waals surface area contributed by atoms with E-state index in [4.69, 9.17) is 0 Å². The summed E-state index contributed by atoms with van der Waals surface area (Å²) in [4.78, 5) is 11.2. The Kier molecular flexibility index (Phi) is 3.30. The highest BCUT2D eigenvalue weighted by atomic mass is 16.3. The molecule has 2 nitrogen and oxygen atoms in total. The summed E-state index contributed by atoms with van der Waals surface area (Å²) in [6.45, 7) is 7.79. The number of carbonyl (C=O) groups excluding carboxylic acids is 1. The molecule has 0 heterocycles. The van der Waals surface area contributed by atoms with Crippen molar-refractivity contribution in [2.45, 2.75) is 39.7 Å². The lowest BCUT2D eigenvalue weighted by Crippen LogP contribution is -2.15. The fraction of sp³-hybridized carbons (Fsp3) is 0.462. The van der Waals surface area contributed by atoms with E-state index in [1.54, 1.807) is 6.07 Å². The molecule has 0 aromatic heterocycles. The molecule has 0 fully saturated rings. The lowest BCUT2D eigenvalue weighted by atomic mass is 9.83. The zero-order valence-corrected chi connectivity index (χ0v) is 9.79. The minimum Gasteiger partial charge on any atom is -0.392 e. The van der Waals surface area contributed by atoms with Gasteiger partial charge in [0.25, 0.3) is 0 Å². The van der Waals surface area contributed by atoms with E-state index >= 15 is 0 Å². The first-order valence-corrected chi connectivity index (χ1v) is 5.11. The van der Waals surface area contributed by atoms with Crippen LogP contribution in [0.1, 0.15) is 49.2 Å². The van der Waals surface area contributed by atoms with Crippen LogP contribution in [0.3, 0.4) is 0 Å². The van der Waals surface area contributed by atoms with Crippen molar-refractivity contribution < 1.29 is 9.90 Å². The van der Waals surface area contributed by atoms with Crippen LogP contribution in [0.4, 0.5) is 0 Å². The van der Waals surface area contributed by atoms with Crippen molar-refractivity contribution in [2.24, 2.45) is 0 Å². The lowest BCUT2D eigenvalue weighted by Gasteiger charge is -2.22. The molecule has 2 heteroatoms. The van der Waals surface area contributed by atoms with Crippen LogP contribution >= 0.6 is 0 Å². The maximum Gasteiger partial charge on any atom is 0.159 e. The number of ketones is 1.